The average molecular weight is 341 g/mol. The number of nitrogens with zero attached hydrogens (tertiary/aromatic N) is 2. The standard InChI is InChI=1S/C13H16IN3/c1-10(2)17-9-13(8-16-17)15-7-11-3-5-12(14)6-4-11/h3-6,8-10,15H,7H2,1-2H3. The Morgan fingerprint density at radius 1 is 1.29 bits per heavy atom. The molecular weight excluding hydrogens is 325 g/mol. The van der Waals surface area contributed by atoms with Crippen molar-refractivity contribution in [3.8, 4) is 0 Å². The first-order chi connectivity index (χ1) is 8.15. The highest BCUT2D eigenvalue weighted by Gasteiger charge is 2.01. The van der Waals surface area contributed by atoms with Crippen LogP contribution < -0.4 is 5.32 Å². The highest BCUT2D eigenvalue weighted by atomic mass is 127. The summed E-state index contributed by atoms with van der Waals surface area (Å²) < 4.78 is 3.22. The minimum Gasteiger partial charge on any atom is -0.378 e. The molecule has 1 N–H and O–H groups in total. The van der Waals surface area contributed by atoms with Crippen LogP contribution in [0.1, 0.15) is 25.5 Å². The molecule has 4 heteroatoms. The predicted octanol–water partition coefficient (Wildman–Crippen LogP) is 3.68. The Labute approximate surface area is 115 Å². The lowest BCUT2D eigenvalue weighted by Crippen LogP contribution is -2.01. The van der Waals surface area contributed by atoms with Gasteiger partial charge in [0.2, 0.25) is 0 Å². The first kappa shape index (κ1) is 12.4. The SMILES string of the molecule is CC(C)n1cc(NCc2ccc(I)cc2)cn1. The maximum Gasteiger partial charge on any atom is 0.0729 e. The van der Waals surface area contributed by atoms with Crippen molar-refractivity contribution in [2.24, 2.45) is 0 Å². The van der Waals surface area contributed by atoms with Gasteiger partial charge in [0.05, 0.1) is 11.9 Å². The Balaban J connectivity index is 1.95. The third kappa shape index (κ3) is 3.46. The van der Waals surface area contributed by atoms with E-state index in [4.69, 9.17) is 0 Å². The van der Waals surface area contributed by atoms with E-state index in [-0.39, 0.29) is 0 Å². The molecule has 0 fully saturated rings. The zero-order chi connectivity index (χ0) is 12.3. The van der Waals surface area contributed by atoms with Gasteiger partial charge in [-0.05, 0) is 54.1 Å². The average Bonchev–Trinajstić information content (AvgIpc) is 2.77. The van der Waals surface area contributed by atoms with Crippen molar-refractivity contribution in [3.63, 3.8) is 0 Å². The molecule has 0 saturated heterocycles. The summed E-state index contributed by atoms with van der Waals surface area (Å²) in [6, 6.07) is 8.93. The molecule has 3 nitrogen and oxygen atoms in total. The van der Waals surface area contributed by atoms with Crippen LogP contribution in [0.5, 0.6) is 0 Å². The second kappa shape index (κ2) is 5.53. The van der Waals surface area contributed by atoms with E-state index in [1.165, 1.54) is 9.13 Å². The van der Waals surface area contributed by atoms with Crippen LogP contribution in [0.4, 0.5) is 5.69 Å². The van der Waals surface area contributed by atoms with Crippen molar-refractivity contribution >= 4 is 28.3 Å². The van der Waals surface area contributed by atoms with E-state index < -0.39 is 0 Å². The summed E-state index contributed by atoms with van der Waals surface area (Å²) in [5.41, 5.74) is 2.35. The molecule has 0 amide bonds. The molecule has 0 aliphatic rings. The Bertz CT molecular complexity index is 474. The number of aromatic nitrogens is 2. The van der Waals surface area contributed by atoms with Gasteiger partial charge in [-0.3, -0.25) is 4.68 Å². The molecule has 1 heterocycles. The van der Waals surface area contributed by atoms with Crippen LogP contribution >= 0.6 is 22.6 Å². The lowest BCUT2D eigenvalue weighted by atomic mass is 10.2. The van der Waals surface area contributed by atoms with Crippen LogP contribution in [0.15, 0.2) is 36.7 Å². The summed E-state index contributed by atoms with van der Waals surface area (Å²) in [7, 11) is 0. The molecule has 0 radical (unpaired) electrons. The zero-order valence-electron chi connectivity index (χ0n) is 10.0. The first-order valence-corrected chi connectivity index (χ1v) is 6.75. The Hall–Kier alpha value is -1.04. The summed E-state index contributed by atoms with van der Waals surface area (Å²) in [6.45, 7) is 5.08. The van der Waals surface area contributed by atoms with Gasteiger partial charge in [-0.15, -0.1) is 0 Å². The number of hydrogen-bond donors (Lipinski definition) is 1. The van der Waals surface area contributed by atoms with Crippen LogP contribution in [-0.4, -0.2) is 9.78 Å². The molecule has 2 aromatic rings. The maximum absolute atomic E-state index is 4.30. The first-order valence-electron chi connectivity index (χ1n) is 5.67. The minimum atomic E-state index is 0.406. The van der Waals surface area contributed by atoms with Crippen LogP contribution in [-0.2, 0) is 6.54 Å². The van der Waals surface area contributed by atoms with E-state index >= 15 is 0 Å². The normalized spacial score (nSPS) is 10.8. The second-order valence-electron chi connectivity index (χ2n) is 4.28. The summed E-state index contributed by atoms with van der Waals surface area (Å²) in [5, 5.41) is 7.66. The fraction of sp³-hybridized carbons (Fsp3) is 0.308. The molecule has 2 rings (SSSR count). The van der Waals surface area contributed by atoms with Crippen LogP contribution in [0.2, 0.25) is 0 Å². The lowest BCUT2D eigenvalue weighted by Gasteiger charge is -2.05. The number of benzene rings is 1. The summed E-state index contributed by atoms with van der Waals surface area (Å²) in [5.74, 6) is 0. The third-order valence-corrected chi connectivity index (χ3v) is 3.26. The fourth-order valence-electron chi connectivity index (χ4n) is 1.52. The largest absolute Gasteiger partial charge is 0.378 e. The van der Waals surface area contributed by atoms with E-state index in [1.807, 2.05) is 17.1 Å². The smallest absolute Gasteiger partial charge is 0.0729 e. The molecule has 0 bridgehead atoms. The van der Waals surface area contributed by atoms with Crippen molar-refractivity contribution in [1.82, 2.24) is 9.78 Å². The topological polar surface area (TPSA) is 29.9 Å². The van der Waals surface area contributed by atoms with Gasteiger partial charge in [0, 0.05) is 22.4 Å². The molecule has 0 atom stereocenters. The van der Waals surface area contributed by atoms with E-state index in [1.54, 1.807) is 0 Å². The van der Waals surface area contributed by atoms with Crippen molar-refractivity contribution in [3.05, 3.63) is 45.8 Å². The third-order valence-electron chi connectivity index (χ3n) is 2.54. The van der Waals surface area contributed by atoms with Gasteiger partial charge in [0.15, 0.2) is 0 Å². The number of halogens is 1. The molecule has 1 aromatic carbocycles. The van der Waals surface area contributed by atoms with Gasteiger partial charge in [0.25, 0.3) is 0 Å². The summed E-state index contributed by atoms with van der Waals surface area (Å²) >= 11 is 2.31. The van der Waals surface area contributed by atoms with Crippen molar-refractivity contribution in [2.45, 2.75) is 26.4 Å². The van der Waals surface area contributed by atoms with E-state index in [9.17, 15) is 0 Å². The number of rotatable bonds is 4. The maximum atomic E-state index is 4.30. The molecule has 0 spiro atoms. The molecular formula is C13H16IN3. The number of anilines is 1. The molecule has 0 aliphatic heterocycles. The van der Waals surface area contributed by atoms with Gasteiger partial charge in [0.1, 0.15) is 0 Å². The highest BCUT2D eigenvalue weighted by molar-refractivity contribution is 14.1. The molecule has 17 heavy (non-hydrogen) atoms. The lowest BCUT2D eigenvalue weighted by molar-refractivity contribution is 0.532. The molecule has 0 saturated carbocycles. The fourth-order valence-corrected chi connectivity index (χ4v) is 1.88. The molecule has 0 aliphatic carbocycles. The van der Waals surface area contributed by atoms with E-state index in [2.05, 4.69) is 71.1 Å². The van der Waals surface area contributed by atoms with Crippen molar-refractivity contribution < 1.29 is 0 Å². The Morgan fingerprint density at radius 3 is 2.59 bits per heavy atom. The highest BCUT2D eigenvalue weighted by Crippen LogP contribution is 2.12. The van der Waals surface area contributed by atoms with Crippen molar-refractivity contribution in [2.75, 3.05) is 5.32 Å². The van der Waals surface area contributed by atoms with Crippen LogP contribution in [0.25, 0.3) is 0 Å². The summed E-state index contributed by atoms with van der Waals surface area (Å²) in [4.78, 5) is 0. The predicted molar refractivity (Wildman–Crippen MR) is 79.1 cm³/mol. The monoisotopic (exact) mass is 341 g/mol. The van der Waals surface area contributed by atoms with E-state index in [0.29, 0.717) is 6.04 Å². The Kier molecular flexibility index (Phi) is 4.04. The Morgan fingerprint density at radius 2 is 2.00 bits per heavy atom. The zero-order valence-corrected chi connectivity index (χ0v) is 12.2. The van der Waals surface area contributed by atoms with Gasteiger partial charge < -0.3 is 5.32 Å². The van der Waals surface area contributed by atoms with Gasteiger partial charge in [-0.2, -0.15) is 5.10 Å². The van der Waals surface area contributed by atoms with Crippen LogP contribution in [0.3, 0.4) is 0 Å². The van der Waals surface area contributed by atoms with Gasteiger partial charge >= 0.3 is 0 Å². The number of hydrogen-bond acceptors (Lipinski definition) is 2. The van der Waals surface area contributed by atoms with Gasteiger partial charge in [-0.25, -0.2) is 0 Å². The quantitative estimate of drug-likeness (QED) is 0.860. The van der Waals surface area contributed by atoms with Crippen molar-refractivity contribution in [1.29, 1.82) is 0 Å². The van der Waals surface area contributed by atoms with Gasteiger partial charge in [-0.1, -0.05) is 12.1 Å². The van der Waals surface area contributed by atoms with Crippen LogP contribution in [0, 0.1) is 3.57 Å². The molecule has 1 aromatic heterocycles. The number of nitrogens with one attached hydrogen (secondary N) is 1. The summed E-state index contributed by atoms with van der Waals surface area (Å²) in [6.07, 6.45) is 3.91. The second-order valence-corrected chi connectivity index (χ2v) is 5.53. The molecule has 90 valence electrons. The molecule has 0 unspecified atom stereocenters. The minimum absolute atomic E-state index is 0.406. The van der Waals surface area contributed by atoms with E-state index in [0.717, 1.165) is 12.2 Å².